The number of ether oxygens (including phenoxy) is 1. The van der Waals surface area contributed by atoms with Gasteiger partial charge in [0.15, 0.2) is 0 Å². The molecular formula is C26H28N2O3. The van der Waals surface area contributed by atoms with E-state index in [1.54, 1.807) is 6.20 Å². The van der Waals surface area contributed by atoms with Crippen LogP contribution in [0.15, 0.2) is 79.0 Å². The van der Waals surface area contributed by atoms with Gasteiger partial charge >= 0.3 is 5.97 Å². The minimum atomic E-state index is -0.748. The average Bonchev–Trinajstić information content (AvgIpc) is 2.83. The van der Waals surface area contributed by atoms with Crippen molar-refractivity contribution in [1.82, 2.24) is 9.88 Å². The van der Waals surface area contributed by atoms with Gasteiger partial charge in [0.05, 0.1) is 0 Å². The normalized spacial score (nSPS) is 17.7. The number of hydrogen-bond donors (Lipinski definition) is 1. The molecule has 2 aromatic carbocycles. The molecule has 4 rings (SSSR count). The van der Waals surface area contributed by atoms with E-state index in [-0.39, 0.29) is 6.04 Å². The van der Waals surface area contributed by atoms with E-state index in [9.17, 15) is 9.90 Å². The van der Waals surface area contributed by atoms with Crippen molar-refractivity contribution in [1.29, 1.82) is 0 Å². The molecule has 0 amide bonds. The molecule has 1 N–H and O–H groups in total. The van der Waals surface area contributed by atoms with Crippen LogP contribution in [0.3, 0.4) is 0 Å². The van der Waals surface area contributed by atoms with Gasteiger partial charge in [0.1, 0.15) is 18.4 Å². The summed E-state index contributed by atoms with van der Waals surface area (Å²) in [4.78, 5) is 18.6. The van der Waals surface area contributed by atoms with Crippen LogP contribution in [0, 0.1) is 0 Å². The lowest BCUT2D eigenvalue weighted by molar-refractivity contribution is -0.146. The van der Waals surface area contributed by atoms with Crippen LogP contribution < -0.4 is 4.74 Å². The highest BCUT2D eigenvalue weighted by Gasteiger charge is 2.34. The third-order valence-corrected chi connectivity index (χ3v) is 5.85. The third kappa shape index (κ3) is 5.50. The molecule has 0 radical (unpaired) electrons. The maximum atomic E-state index is 12.0. The lowest BCUT2D eigenvalue weighted by Crippen LogP contribution is -2.47. The van der Waals surface area contributed by atoms with Crippen molar-refractivity contribution in [3.63, 3.8) is 0 Å². The fraction of sp³-hybridized carbons (Fsp3) is 0.308. The summed E-state index contributed by atoms with van der Waals surface area (Å²) in [6.07, 6.45) is 5.08. The SMILES string of the molecule is O=C(O)C1CCCCN1C(Cc1ccccn1)c1cccc(OCc2ccccc2)c1. The Morgan fingerprint density at radius 2 is 1.90 bits per heavy atom. The summed E-state index contributed by atoms with van der Waals surface area (Å²) >= 11 is 0. The van der Waals surface area contributed by atoms with Crippen LogP contribution in [0.4, 0.5) is 0 Å². The van der Waals surface area contributed by atoms with Crippen LogP contribution in [-0.4, -0.2) is 33.5 Å². The van der Waals surface area contributed by atoms with E-state index in [1.165, 1.54) is 0 Å². The van der Waals surface area contributed by atoms with Crippen LogP contribution in [-0.2, 0) is 17.8 Å². The van der Waals surface area contributed by atoms with Crippen LogP contribution >= 0.6 is 0 Å². The van der Waals surface area contributed by atoms with Crippen molar-refractivity contribution < 1.29 is 14.6 Å². The van der Waals surface area contributed by atoms with E-state index in [0.29, 0.717) is 19.4 Å². The first-order valence-electron chi connectivity index (χ1n) is 10.9. The molecule has 1 aliphatic rings. The van der Waals surface area contributed by atoms with E-state index in [2.05, 4.69) is 16.0 Å². The Morgan fingerprint density at radius 1 is 1.06 bits per heavy atom. The minimum Gasteiger partial charge on any atom is -0.489 e. The number of carboxylic acids is 1. The topological polar surface area (TPSA) is 62.7 Å². The molecule has 0 spiro atoms. The van der Waals surface area contributed by atoms with E-state index >= 15 is 0 Å². The molecule has 3 aromatic rings. The van der Waals surface area contributed by atoms with Gasteiger partial charge in [0, 0.05) is 24.4 Å². The Morgan fingerprint density at radius 3 is 2.68 bits per heavy atom. The summed E-state index contributed by atoms with van der Waals surface area (Å²) < 4.78 is 6.04. The van der Waals surface area contributed by atoms with Gasteiger partial charge in [-0.1, -0.05) is 55.0 Å². The van der Waals surface area contributed by atoms with Gasteiger partial charge in [-0.15, -0.1) is 0 Å². The molecule has 1 saturated heterocycles. The number of piperidine rings is 1. The number of aromatic nitrogens is 1. The molecule has 0 saturated carbocycles. The Kier molecular flexibility index (Phi) is 6.95. The number of rotatable bonds is 8. The summed E-state index contributed by atoms with van der Waals surface area (Å²) in [5.74, 6) is 0.0402. The van der Waals surface area contributed by atoms with Gasteiger partial charge in [-0.2, -0.15) is 0 Å². The molecule has 1 aliphatic heterocycles. The number of benzene rings is 2. The molecule has 2 heterocycles. The van der Waals surface area contributed by atoms with Gasteiger partial charge in [0.25, 0.3) is 0 Å². The molecule has 1 aromatic heterocycles. The van der Waals surface area contributed by atoms with Gasteiger partial charge in [-0.3, -0.25) is 14.7 Å². The number of carboxylic acid groups (broad SMARTS) is 1. The summed E-state index contributed by atoms with van der Waals surface area (Å²) in [6.45, 7) is 1.26. The molecule has 5 heteroatoms. The highest BCUT2D eigenvalue weighted by Crippen LogP contribution is 2.33. The first-order chi connectivity index (χ1) is 15.2. The van der Waals surface area contributed by atoms with E-state index in [1.807, 2.05) is 66.7 Å². The number of likely N-dealkylation sites (tertiary alicyclic amines) is 1. The molecule has 31 heavy (non-hydrogen) atoms. The first kappa shape index (κ1) is 21.1. The van der Waals surface area contributed by atoms with Crippen molar-refractivity contribution in [2.75, 3.05) is 6.54 Å². The number of pyridine rings is 1. The lowest BCUT2D eigenvalue weighted by atomic mass is 9.93. The second kappa shape index (κ2) is 10.2. The molecule has 160 valence electrons. The van der Waals surface area contributed by atoms with Crippen molar-refractivity contribution in [3.8, 4) is 5.75 Å². The standard InChI is InChI=1S/C26H28N2O3/c29-26(30)24-14-5-7-16-28(24)25(18-22-12-4-6-15-27-22)21-11-8-13-23(17-21)31-19-20-9-2-1-3-10-20/h1-4,6,8-13,15,17,24-25H,5,7,14,16,18-19H2,(H,29,30). The maximum Gasteiger partial charge on any atom is 0.320 e. The van der Waals surface area contributed by atoms with E-state index in [4.69, 9.17) is 4.74 Å². The smallest absolute Gasteiger partial charge is 0.320 e. The van der Waals surface area contributed by atoms with Crippen molar-refractivity contribution >= 4 is 5.97 Å². The number of carbonyl (C=O) groups is 1. The molecule has 2 unspecified atom stereocenters. The van der Waals surface area contributed by atoms with Crippen LogP contribution in [0.25, 0.3) is 0 Å². The predicted molar refractivity (Wildman–Crippen MR) is 120 cm³/mol. The maximum absolute atomic E-state index is 12.0. The molecule has 0 bridgehead atoms. The largest absolute Gasteiger partial charge is 0.489 e. The highest BCUT2D eigenvalue weighted by molar-refractivity contribution is 5.73. The Balaban J connectivity index is 1.60. The molecule has 0 aliphatic carbocycles. The predicted octanol–water partition coefficient (Wildman–Crippen LogP) is 4.88. The van der Waals surface area contributed by atoms with Crippen molar-refractivity contribution in [2.24, 2.45) is 0 Å². The second-order valence-electron chi connectivity index (χ2n) is 7.98. The van der Waals surface area contributed by atoms with Gasteiger partial charge in [-0.05, 0) is 54.8 Å². The van der Waals surface area contributed by atoms with Gasteiger partial charge < -0.3 is 9.84 Å². The number of nitrogens with zero attached hydrogens (tertiary/aromatic N) is 2. The van der Waals surface area contributed by atoms with Gasteiger partial charge in [0.2, 0.25) is 0 Å². The molecule has 2 atom stereocenters. The van der Waals surface area contributed by atoms with Crippen molar-refractivity contribution in [2.45, 2.75) is 44.4 Å². The first-order valence-corrected chi connectivity index (χ1v) is 10.9. The van der Waals surface area contributed by atoms with Crippen LogP contribution in [0.2, 0.25) is 0 Å². The lowest BCUT2D eigenvalue weighted by Gasteiger charge is -2.39. The summed E-state index contributed by atoms with van der Waals surface area (Å²) in [5.41, 5.74) is 3.13. The Hall–Kier alpha value is -3.18. The molecule has 1 fully saturated rings. The minimum absolute atomic E-state index is 0.0726. The summed E-state index contributed by atoms with van der Waals surface area (Å²) in [5, 5.41) is 9.85. The summed E-state index contributed by atoms with van der Waals surface area (Å²) in [6, 6.07) is 23.5. The zero-order chi connectivity index (χ0) is 21.5. The van der Waals surface area contributed by atoms with Crippen LogP contribution in [0.1, 0.15) is 42.1 Å². The van der Waals surface area contributed by atoms with E-state index in [0.717, 1.165) is 42.0 Å². The summed E-state index contributed by atoms with van der Waals surface area (Å²) in [7, 11) is 0. The fourth-order valence-electron chi connectivity index (χ4n) is 4.29. The zero-order valence-corrected chi connectivity index (χ0v) is 17.6. The Labute approximate surface area is 183 Å². The highest BCUT2D eigenvalue weighted by atomic mass is 16.5. The number of hydrogen-bond acceptors (Lipinski definition) is 4. The van der Waals surface area contributed by atoms with Crippen molar-refractivity contribution in [3.05, 3.63) is 95.8 Å². The molecular weight excluding hydrogens is 388 g/mol. The third-order valence-electron chi connectivity index (χ3n) is 5.85. The van der Waals surface area contributed by atoms with Crippen LogP contribution in [0.5, 0.6) is 5.75 Å². The number of aliphatic carboxylic acids is 1. The fourth-order valence-corrected chi connectivity index (χ4v) is 4.29. The van der Waals surface area contributed by atoms with Gasteiger partial charge in [-0.25, -0.2) is 0 Å². The average molecular weight is 417 g/mol. The zero-order valence-electron chi connectivity index (χ0n) is 17.6. The Bertz CT molecular complexity index is 978. The quantitative estimate of drug-likeness (QED) is 0.567. The van der Waals surface area contributed by atoms with E-state index < -0.39 is 12.0 Å². The molecule has 5 nitrogen and oxygen atoms in total. The second-order valence-corrected chi connectivity index (χ2v) is 7.98. The monoisotopic (exact) mass is 416 g/mol.